The molecule has 2 amide bonds. The van der Waals surface area contributed by atoms with Crippen molar-refractivity contribution in [1.82, 2.24) is 24.6 Å². The van der Waals surface area contributed by atoms with Crippen LogP contribution in [0.5, 0.6) is 0 Å². The Morgan fingerprint density at radius 1 is 1.19 bits per heavy atom. The van der Waals surface area contributed by atoms with Gasteiger partial charge in [-0.25, -0.2) is 4.98 Å². The molecule has 7 rings (SSSR count). The van der Waals surface area contributed by atoms with Crippen molar-refractivity contribution in [2.45, 2.75) is 44.1 Å². The number of amides is 2. The van der Waals surface area contributed by atoms with Gasteiger partial charge in [-0.1, -0.05) is 18.7 Å². The maximum absolute atomic E-state index is 13.4. The van der Waals surface area contributed by atoms with Crippen LogP contribution in [0, 0.1) is 5.41 Å². The number of hydrogen-bond donors (Lipinski definition) is 2. The standard InChI is InChI=1S/C28H28N6O2S/c1-2-24(35)33-12-11-28(16-33)13-18(14-28)34-21-6-4-3-5-20(21)30-27(34)31-26(36)23-10-9-22(37-23)19-15-29-32-25(19)17-7-8-17/h2-6,9-10,15,17-18H,1,7-8,11-14,16H2,(H,29,32)(H,30,31,36)/t18-,28-. The molecule has 0 bridgehead atoms. The lowest BCUT2D eigenvalue weighted by molar-refractivity contribution is -0.125. The minimum Gasteiger partial charge on any atom is -0.339 e. The van der Waals surface area contributed by atoms with E-state index in [1.165, 1.54) is 30.3 Å². The van der Waals surface area contributed by atoms with Crippen molar-refractivity contribution in [2.75, 3.05) is 18.4 Å². The van der Waals surface area contributed by atoms with Gasteiger partial charge in [0.25, 0.3) is 5.91 Å². The SMILES string of the molecule is C=CC(=O)N1CC[C@]2(C1)C[C@H](n1c(NC(=O)c3ccc(-c4c[nH]nc4C4CC4)s3)nc3ccccc31)C2. The first kappa shape index (κ1) is 22.5. The van der Waals surface area contributed by atoms with Crippen LogP contribution in [0.2, 0.25) is 0 Å². The highest BCUT2D eigenvalue weighted by Crippen LogP contribution is 2.55. The van der Waals surface area contributed by atoms with E-state index < -0.39 is 0 Å². The second kappa shape index (κ2) is 8.41. The third kappa shape index (κ3) is 3.80. The summed E-state index contributed by atoms with van der Waals surface area (Å²) in [6.07, 6.45) is 8.62. The minimum atomic E-state index is -0.151. The summed E-state index contributed by atoms with van der Waals surface area (Å²) >= 11 is 1.48. The van der Waals surface area contributed by atoms with Gasteiger partial charge in [0.1, 0.15) is 0 Å². The number of benzene rings is 1. The summed E-state index contributed by atoms with van der Waals surface area (Å²) in [5.74, 6) is 0.978. The van der Waals surface area contributed by atoms with Crippen LogP contribution in [0.25, 0.3) is 21.5 Å². The Morgan fingerprint density at radius 2 is 2.03 bits per heavy atom. The summed E-state index contributed by atoms with van der Waals surface area (Å²) in [4.78, 5) is 33.9. The molecule has 4 aromatic rings. The van der Waals surface area contributed by atoms with Crippen LogP contribution in [-0.2, 0) is 4.79 Å². The van der Waals surface area contributed by atoms with Crippen molar-refractivity contribution in [3.63, 3.8) is 0 Å². The number of nitrogens with one attached hydrogen (secondary N) is 2. The van der Waals surface area contributed by atoms with Crippen LogP contribution >= 0.6 is 11.3 Å². The van der Waals surface area contributed by atoms with Gasteiger partial charge in [-0.3, -0.25) is 20.0 Å². The fourth-order valence-electron chi connectivity index (χ4n) is 6.14. The molecule has 1 aromatic carbocycles. The number of aromatic nitrogens is 4. The van der Waals surface area contributed by atoms with Crippen molar-refractivity contribution in [2.24, 2.45) is 5.41 Å². The molecule has 3 aliphatic rings. The predicted octanol–water partition coefficient (Wildman–Crippen LogP) is 5.36. The molecule has 188 valence electrons. The first-order chi connectivity index (χ1) is 18.0. The highest BCUT2D eigenvalue weighted by atomic mass is 32.1. The molecular formula is C28H28N6O2S. The molecule has 0 atom stereocenters. The Kier molecular flexibility index (Phi) is 5.11. The molecule has 0 radical (unpaired) electrons. The van der Waals surface area contributed by atoms with E-state index in [0.717, 1.165) is 59.5 Å². The molecule has 3 aromatic heterocycles. The number of aromatic amines is 1. The molecule has 1 spiro atoms. The molecule has 2 saturated carbocycles. The number of carbonyl (C=O) groups is 2. The van der Waals surface area contributed by atoms with E-state index in [1.54, 1.807) is 0 Å². The van der Waals surface area contributed by atoms with Crippen LogP contribution in [0.15, 0.2) is 55.3 Å². The van der Waals surface area contributed by atoms with Crippen LogP contribution in [0.1, 0.15) is 59.4 Å². The molecule has 4 heterocycles. The normalized spacial score (nSPS) is 22.9. The quantitative estimate of drug-likeness (QED) is 0.340. The van der Waals surface area contributed by atoms with E-state index in [9.17, 15) is 9.59 Å². The highest BCUT2D eigenvalue weighted by molar-refractivity contribution is 7.17. The molecule has 1 saturated heterocycles. The number of rotatable bonds is 6. The van der Waals surface area contributed by atoms with Crippen LogP contribution in [0.4, 0.5) is 5.95 Å². The number of H-pyrrole nitrogens is 1. The van der Waals surface area contributed by atoms with Crippen molar-refractivity contribution >= 4 is 40.1 Å². The lowest BCUT2D eigenvalue weighted by Crippen LogP contribution is -2.42. The molecule has 8 nitrogen and oxygen atoms in total. The lowest BCUT2D eigenvalue weighted by Gasteiger charge is -2.46. The van der Waals surface area contributed by atoms with E-state index in [-0.39, 0.29) is 23.3 Å². The van der Waals surface area contributed by atoms with Gasteiger partial charge in [-0.2, -0.15) is 5.10 Å². The molecular weight excluding hydrogens is 484 g/mol. The molecule has 37 heavy (non-hydrogen) atoms. The zero-order valence-corrected chi connectivity index (χ0v) is 21.3. The van der Waals surface area contributed by atoms with Crippen molar-refractivity contribution in [3.05, 3.63) is 65.8 Å². The second-order valence-corrected chi connectivity index (χ2v) is 11.7. The zero-order valence-electron chi connectivity index (χ0n) is 20.4. The summed E-state index contributed by atoms with van der Waals surface area (Å²) < 4.78 is 2.19. The number of carbonyl (C=O) groups excluding carboxylic acids is 2. The number of fused-ring (bicyclic) bond motifs is 1. The van der Waals surface area contributed by atoms with Gasteiger partial charge < -0.3 is 9.47 Å². The van der Waals surface area contributed by atoms with Crippen molar-refractivity contribution in [3.8, 4) is 10.4 Å². The van der Waals surface area contributed by atoms with Gasteiger partial charge in [-0.05, 0) is 67.9 Å². The average molecular weight is 513 g/mol. The van der Waals surface area contributed by atoms with Crippen LogP contribution in [-0.4, -0.2) is 49.6 Å². The van der Waals surface area contributed by atoms with Crippen LogP contribution < -0.4 is 5.32 Å². The number of anilines is 1. The molecule has 2 aliphatic carbocycles. The summed E-state index contributed by atoms with van der Waals surface area (Å²) in [7, 11) is 0. The smallest absolute Gasteiger partial charge is 0.268 e. The number of likely N-dealkylation sites (tertiary alicyclic amines) is 1. The lowest BCUT2D eigenvalue weighted by atomic mass is 9.65. The zero-order chi connectivity index (χ0) is 25.1. The van der Waals surface area contributed by atoms with Gasteiger partial charge in [-0.15, -0.1) is 11.3 Å². The summed E-state index contributed by atoms with van der Waals surface area (Å²) in [6, 6.07) is 12.1. The fraction of sp³-hybridized carbons (Fsp3) is 0.357. The number of imidazole rings is 1. The molecule has 0 unspecified atom stereocenters. The van der Waals surface area contributed by atoms with E-state index in [1.807, 2.05) is 41.4 Å². The highest BCUT2D eigenvalue weighted by Gasteiger charge is 2.50. The monoisotopic (exact) mass is 512 g/mol. The number of nitrogens with zero attached hydrogens (tertiary/aromatic N) is 4. The molecule has 1 aliphatic heterocycles. The largest absolute Gasteiger partial charge is 0.339 e. The van der Waals surface area contributed by atoms with Gasteiger partial charge in [0.2, 0.25) is 11.9 Å². The average Bonchev–Trinajstić information content (AvgIpc) is 3.30. The van der Waals surface area contributed by atoms with E-state index in [4.69, 9.17) is 4.98 Å². The van der Waals surface area contributed by atoms with Gasteiger partial charge in [0.05, 0.1) is 21.6 Å². The Hall–Kier alpha value is -3.72. The summed E-state index contributed by atoms with van der Waals surface area (Å²) in [5.41, 5.74) is 4.23. The van der Waals surface area contributed by atoms with Crippen molar-refractivity contribution in [1.29, 1.82) is 0 Å². The molecule has 3 fully saturated rings. The van der Waals surface area contributed by atoms with Gasteiger partial charge >= 0.3 is 0 Å². The third-order valence-electron chi connectivity index (χ3n) is 8.18. The Morgan fingerprint density at radius 3 is 2.84 bits per heavy atom. The Bertz CT molecular complexity index is 1540. The fourth-order valence-corrected chi connectivity index (χ4v) is 7.07. The third-order valence-corrected chi connectivity index (χ3v) is 9.29. The van der Waals surface area contributed by atoms with E-state index >= 15 is 0 Å². The topological polar surface area (TPSA) is 95.9 Å². The predicted molar refractivity (Wildman–Crippen MR) is 144 cm³/mol. The first-order valence-corrected chi connectivity index (χ1v) is 13.7. The number of thiophene rings is 1. The first-order valence-electron chi connectivity index (χ1n) is 12.9. The van der Waals surface area contributed by atoms with Gasteiger partial charge in [0, 0.05) is 41.7 Å². The second-order valence-electron chi connectivity index (χ2n) is 10.6. The Balaban J connectivity index is 1.13. The maximum atomic E-state index is 13.4. The molecule has 9 heteroatoms. The maximum Gasteiger partial charge on any atom is 0.268 e. The molecule has 2 N–H and O–H groups in total. The minimum absolute atomic E-state index is 0.0105. The van der Waals surface area contributed by atoms with Crippen LogP contribution in [0.3, 0.4) is 0 Å². The van der Waals surface area contributed by atoms with Crippen molar-refractivity contribution < 1.29 is 9.59 Å². The van der Waals surface area contributed by atoms with E-state index in [0.29, 0.717) is 16.7 Å². The summed E-state index contributed by atoms with van der Waals surface area (Å²) in [6.45, 7) is 5.19. The Labute approximate surface area is 218 Å². The van der Waals surface area contributed by atoms with Gasteiger partial charge in [0.15, 0.2) is 0 Å². The summed E-state index contributed by atoms with van der Waals surface area (Å²) in [5, 5.41) is 10.5. The van der Waals surface area contributed by atoms with E-state index in [2.05, 4.69) is 32.7 Å². The number of hydrogen-bond acceptors (Lipinski definition) is 5. The number of para-hydroxylation sites is 2.